The molecule has 0 aliphatic carbocycles. The van der Waals surface area contributed by atoms with Crippen molar-refractivity contribution >= 4 is 37.3 Å². The number of benzene rings is 1. The van der Waals surface area contributed by atoms with E-state index in [0.717, 1.165) is 29.2 Å². The number of sulfone groups is 1. The molecule has 0 bridgehead atoms. The van der Waals surface area contributed by atoms with E-state index >= 15 is 0 Å². The fourth-order valence-corrected chi connectivity index (χ4v) is 4.69. The highest BCUT2D eigenvalue weighted by atomic mass is 32.2. The molecule has 2 aromatic heterocycles. The Kier molecular flexibility index (Phi) is 5.68. The Bertz CT molecular complexity index is 1170. The molecule has 3 aromatic rings. The number of halogens is 3. The number of carbonyl (C=O) groups is 1. The van der Waals surface area contributed by atoms with Crippen LogP contribution in [-0.4, -0.2) is 25.6 Å². The van der Waals surface area contributed by atoms with Gasteiger partial charge < -0.3 is 5.32 Å². The summed E-state index contributed by atoms with van der Waals surface area (Å²) >= 11 is 0.916. The molecule has 0 aliphatic rings. The van der Waals surface area contributed by atoms with E-state index < -0.39 is 27.6 Å². The van der Waals surface area contributed by atoms with E-state index in [4.69, 9.17) is 0 Å². The lowest BCUT2D eigenvalue weighted by molar-refractivity contribution is -0.140. The predicted molar refractivity (Wildman–Crippen MR) is 106 cm³/mol. The zero-order chi connectivity index (χ0) is 21.4. The van der Waals surface area contributed by atoms with Crippen molar-refractivity contribution in [1.82, 2.24) is 10.3 Å². The van der Waals surface area contributed by atoms with Crippen LogP contribution in [0.5, 0.6) is 0 Å². The second-order valence-electron chi connectivity index (χ2n) is 6.67. The number of alkyl halides is 3. The molecule has 1 N–H and O–H groups in total. The molecule has 5 nitrogen and oxygen atoms in total. The van der Waals surface area contributed by atoms with Crippen molar-refractivity contribution in [2.75, 3.05) is 6.26 Å². The molecule has 1 aromatic carbocycles. The third-order valence-electron chi connectivity index (χ3n) is 4.21. The van der Waals surface area contributed by atoms with Crippen LogP contribution in [0.4, 0.5) is 13.2 Å². The Balaban J connectivity index is 1.74. The van der Waals surface area contributed by atoms with Gasteiger partial charge >= 0.3 is 6.18 Å². The first-order valence-electron chi connectivity index (χ1n) is 8.45. The Labute approximate surface area is 169 Å². The van der Waals surface area contributed by atoms with Crippen LogP contribution in [0, 0.1) is 6.92 Å². The van der Waals surface area contributed by atoms with E-state index in [0.29, 0.717) is 21.4 Å². The number of aryl methyl sites for hydroxylation is 1. The fourth-order valence-electron chi connectivity index (χ4n) is 2.79. The highest BCUT2D eigenvalue weighted by Gasteiger charge is 2.33. The van der Waals surface area contributed by atoms with Crippen LogP contribution in [0.25, 0.3) is 10.2 Å². The maximum Gasteiger partial charge on any atom is 0.433 e. The second kappa shape index (κ2) is 7.75. The number of thiophene rings is 1. The summed E-state index contributed by atoms with van der Waals surface area (Å²) in [6.07, 6.45) is -3.39. The molecule has 3 rings (SSSR count). The highest BCUT2D eigenvalue weighted by molar-refractivity contribution is 7.89. The first kappa shape index (κ1) is 21.3. The topological polar surface area (TPSA) is 76.1 Å². The minimum absolute atomic E-state index is 0.0620. The number of rotatable bonds is 5. The first-order chi connectivity index (χ1) is 13.4. The molecule has 1 amide bonds. The van der Waals surface area contributed by atoms with Gasteiger partial charge in [-0.15, -0.1) is 11.3 Å². The Morgan fingerprint density at radius 1 is 1.10 bits per heavy atom. The SMILES string of the molecule is Cc1c(C(=O)NCc2ccc(CS(C)(=O)=O)cc2)sc2nc(C(F)(F)F)ccc12. The number of hydrogen-bond donors (Lipinski definition) is 1. The van der Waals surface area contributed by atoms with E-state index in [2.05, 4.69) is 10.3 Å². The molecule has 0 radical (unpaired) electrons. The van der Waals surface area contributed by atoms with Crippen molar-refractivity contribution in [2.45, 2.75) is 25.4 Å². The van der Waals surface area contributed by atoms with Gasteiger partial charge in [-0.25, -0.2) is 13.4 Å². The fraction of sp³-hybridized carbons (Fsp3) is 0.263. The average molecular weight is 442 g/mol. The Morgan fingerprint density at radius 2 is 1.72 bits per heavy atom. The summed E-state index contributed by atoms with van der Waals surface area (Å²) in [7, 11) is -3.13. The number of fused-ring (bicyclic) bond motifs is 1. The number of aromatic nitrogens is 1. The normalized spacial score (nSPS) is 12.3. The van der Waals surface area contributed by atoms with Gasteiger partial charge in [0.15, 0.2) is 9.84 Å². The lowest BCUT2D eigenvalue weighted by atomic mass is 10.1. The van der Waals surface area contributed by atoms with Crippen molar-refractivity contribution < 1.29 is 26.4 Å². The molecule has 0 unspecified atom stereocenters. The molecule has 0 fully saturated rings. The summed E-state index contributed by atoms with van der Waals surface area (Å²) < 4.78 is 61.1. The summed E-state index contributed by atoms with van der Waals surface area (Å²) in [6.45, 7) is 1.87. The minimum Gasteiger partial charge on any atom is -0.347 e. The maximum atomic E-state index is 12.8. The Morgan fingerprint density at radius 3 is 2.31 bits per heavy atom. The van der Waals surface area contributed by atoms with E-state index in [1.807, 2.05) is 0 Å². The van der Waals surface area contributed by atoms with Crippen molar-refractivity contribution in [2.24, 2.45) is 0 Å². The largest absolute Gasteiger partial charge is 0.433 e. The number of nitrogens with zero attached hydrogens (tertiary/aromatic N) is 1. The summed E-state index contributed by atoms with van der Waals surface area (Å²) in [5.74, 6) is -0.465. The average Bonchev–Trinajstić information content (AvgIpc) is 2.95. The van der Waals surface area contributed by atoms with Crippen LogP contribution in [0.15, 0.2) is 36.4 Å². The second-order valence-corrected chi connectivity index (χ2v) is 9.81. The zero-order valence-corrected chi connectivity index (χ0v) is 17.1. The molecule has 0 saturated heterocycles. The Hall–Kier alpha value is -2.46. The summed E-state index contributed by atoms with van der Waals surface area (Å²) in [5.41, 5.74) is 1.00. The van der Waals surface area contributed by atoms with Gasteiger partial charge in [-0.3, -0.25) is 4.79 Å². The van der Waals surface area contributed by atoms with E-state index in [-0.39, 0.29) is 17.1 Å². The number of nitrogens with one attached hydrogen (secondary N) is 1. The number of hydrogen-bond acceptors (Lipinski definition) is 5. The van der Waals surface area contributed by atoms with Gasteiger partial charge in [0, 0.05) is 18.2 Å². The highest BCUT2D eigenvalue weighted by Crippen LogP contribution is 2.34. The molecule has 0 aliphatic heterocycles. The van der Waals surface area contributed by atoms with Crippen molar-refractivity contribution in [1.29, 1.82) is 0 Å². The van der Waals surface area contributed by atoms with Gasteiger partial charge in [0.2, 0.25) is 0 Å². The van der Waals surface area contributed by atoms with Crippen LogP contribution in [0.2, 0.25) is 0 Å². The summed E-state index contributed by atoms with van der Waals surface area (Å²) in [4.78, 5) is 16.6. The predicted octanol–water partition coefficient (Wildman–Crippen LogP) is 4.10. The smallest absolute Gasteiger partial charge is 0.347 e. The van der Waals surface area contributed by atoms with Crippen LogP contribution in [0.1, 0.15) is 32.1 Å². The molecule has 29 heavy (non-hydrogen) atoms. The zero-order valence-electron chi connectivity index (χ0n) is 15.5. The van der Waals surface area contributed by atoms with Crippen LogP contribution < -0.4 is 5.32 Å². The van der Waals surface area contributed by atoms with Gasteiger partial charge in [-0.1, -0.05) is 24.3 Å². The lowest BCUT2D eigenvalue weighted by Gasteiger charge is -2.06. The number of pyridine rings is 1. The van der Waals surface area contributed by atoms with Crippen molar-refractivity contribution in [3.63, 3.8) is 0 Å². The van der Waals surface area contributed by atoms with E-state index in [9.17, 15) is 26.4 Å². The van der Waals surface area contributed by atoms with Crippen LogP contribution in [0.3, 0.4) is 0 Å². The van der Waals surface area contributed by atoms with Crippen LogP contribution >= 0.6 is 11.3 Å². The lowest BCUT2D eigenvalue weighted by Crippen LogP contribution is -2.22. The standard InChI is InChI=1S/C19H17F3N2O3S2/c1-11-14-7-8-15(19(20,21)22)24-18(14)28-16(11)17(25)23-9-12-3-5-13(6-4-12)10-29(2,26)27/h3-8H,9-10H2,1-2H3,(H,23,25). The van der Waals surface area contributed by atoms with E-state index in [1.54, 1.807) is 31.2 Å². The van der Waals surface area contributed by atoms with Gasteiger partial charge in [-0.05, 0) is 35.7 Å². The van der Waals surface area contributed by atoms with E-state index in [1.165, 1.54) is 6.07 Å². The van der Waals surface area contributed by atoms with Crippen LogP contribution in [-0.2, 0) is 28.3 Å². The maximum absolute atomic E-state index is 12.8. The third-order valence-corrected chi connectivity index (χ3v) is 6.26. The third kappa shape index (κ3) is 5.13. The first-order valence-corrected chi connectivity index (χ1v) is 11.3. The van der Waals surface area contributed by atoms with Crippen molar-refractivity contribution in [3.8, 4) is 0 Å². The van der Waals surface area contributed by atoms with Gasteiger partial charge in [0.1, 0.15) is 10.5 Å². The van der Waals surface area contributed by atoms with Gasteiger partial charge in [-0.2, -0.15) is 13.2 Å². The molecular formula is C19H17F3N2O3S2. The molecule has 154 valence electrons. The molecule has 0 saturated carbocycles. The van der Waals surface area contributed by atoms with Gasteiger partial charge in [0.05, 0.1) is 10.6 Å². The van der Waals surface area contributed by atoms with Gasteiger partial charge in [0.25, 0.3) is 5.91 Å². The molecular weight excluding hydrogens is 425 g/mol. The minimum atomic E-state index is -4.54. The quantitative estimate of drug-likeness (QED) is 0.646. The van der Waals surface area contributed by atoms with Crippen molar-refractivity contribution in [3.05, 3.63) is 63.7 Å². The summed E-state index contributed by atoms with van der Waals surface area (Å²) in [5, 5.41) is 3.25. The molecule has 0 spiro atoms. The number of amides is 1. The number of carbonyl (C=O) groups excluding carboxylic acids is 1. The molecule has 2 heterocycles. The monoisotopic (exact) mass is 442 g/mol. The molecule has 0 atom stereocenters. The molecule has 10 heteroatoms. The summed E-state index contributed by atoms with van der Waals surface area (Å²) in [6, 6.07) is 9.02.